The second-order valence-corrected chi connectivity index (χ2v) is 6.62. The molecule has 0 radical (unpaired) electrons. The van der Waals surface area contributed by atoms with Gasteiger partial charge in [-0.15, -0.1) is 0 Å². The van der Waals surface area contributed by atoms with Crippen LogP contribution in [-0.4, -0.2) is 28.1 Å². The van der Waals surface area contributed by atoms with Crippen LogP contribution >= 0.6 is 0 Å². The Bertz CT molecular complexity index is 600. The van der Waals surface area contributed by atoms with Gasteiger partial charge in [-0.3, -0.25) is 4.90 Å². The van der Waals surface area contributed by atoms with Crippen molar-refractivity contribution in [2.24, 2.45) is 0 Å². The molecule has 1 aliphatic rings. The molecule has 1 fully saturated rings. The van der Waals surface area contributed by atoms with Gasteiger partial charge in [0, 0.05) is 19.0 Å². The maximum Gasteiger partial charge on any atom is 0.321 e. The molecule has 5 nitrogen and oxygen atoms in total. The lowest BCUT2D eigenvalue weighted by Gasteiger charge is -2.26. The third kappa shape index (κ3) is 4.55. The third-order valence-corrected chi connectivity index (χ3v) is 4.28. The Labute approximate surface area is 138 Å². The van der Waals surface area contributed by atoms with E-state index in [1.54, 1.807) is 0 Å². The van der Waals surface area contributed by atoms with Crippen molar-refractivity contribution in [2.75, 3.05) is 18.4 Å². The summed E-state index contributed by atoms with van der Waals surface area (Å²) in [6.45, 7) is 8.33. The smallest absolute Gasteiger partial charge is 0.321 e. The van der Waals surface area contributed by atoms with Crippen LogP contribution in [-0.2, 0) is 13.1 Å². The number of nitrogens with zero attached hydrogens (tertiary/aromatic N) is 3. The van der Waals surface area contributed by atoms with E-state index in [0.717, 1.165) is 12.4 Å². The summed E-state index contributed by atoms with van der Waals surface area (Å²) in [5, 5.41) is 7.14. The Kier molecular flexibility index (Phi) is 5.28. The van der Waals surface area contributed by atoms with Crippen molar-refractivity contribution in [1.82, 2.24) is 15.0 Å². The molecule has 1 saturated heterocycles. The van der Waals surface area contributed by atoms with E-state index in [9.17, 15) is 0 Å². The molecule has 0 bridgehead atoms. The first-order valence-corrected chi connectivity index (χ1v) is 8.58. The fraction of sp³-hybridized carbons (Fsp3) is 0.556. The monoisotopic (exact) mass is 314 g/mol. The second kappa shape index (κ2) is 7.59. The number of hydrogen-bond acceptors (Lipinski definition) is 5. The molecule has 0 spiro atoms. The summed E-state index contributed by atoms with van der Waals surface area (Å²) in [7, 11) is 0. The number of nitrogens with one attached hydrogen (secondary N) is 1. The Morgan fingerprint density at radius 3 is 2.43 bits per heavy atom. The second-order valence-electron chi connectivity index (χ2n) is 6.62. The van der Waals surface area contributed by atoms with Crippen molar-refractivity contribution >= 4 is 6.01 Å². The highest BCUT2D eigenvalue weighted by Crippen LogP contribution is 2.15. The van der Waals surface area contributed by atoms with Crippen LogP contribution in [0.4, 0.5) is 6.01 Å². The van der Waals surface area contributed by atoms with Gasteiger partial charge in [0.15, 0.2) is 5.82 Å². The predicted octanol–water partition coefficient (Wildman–Crippen LogP) is 3.79. The number of hydrogen-bond donors (Lipinski definition) is 1. The molecular formula is C18H26N4O. The van der Waals surface area contributed by atoms with Crippen LogP contribution in [0.15, 0.2) is 28.8 Å². The Hall–Kier alpha value is -1.88. The SMILES string of the molecule is CC(C)c1noc(NCc2ccc(CN3CCCCC3)cc2)n1. The van der Waals surface area contributed by atoms with E-state index >= 15 is 0 Å². The van der Waals surface area contributed by atoms with Gasteiger partial charge < -0.3 is 9.84 Å². The highest BCUT2D eigenvalue weighted by Gasteiger charge is 2.11. The zero-order valence-corrected chi connectivity index (χ0v) is 14.1. The Morgan fingerprint density at radius 2 is 1.78 bits per heavy atom. The number of likely N-dealkylation sites (tertiary alicyclic amines) is 1. The molecule has 5 heteroatoms. The van der Waals surface area contributed by atoms with Gasteiger partial charge in [-0.25, -0.2) is 0 Å². The zero-order chi connectivity index (χ0) is 16.1. The lowest BCUT2D eigenvalue weighted by Crippen LogP contribution is -2.29. The fourth-order valence-electron chi connectivity index (χ4n) is 2.86. The van der Waals surface area contributed by atoms with E-state index in [4.69, 9.17) is 4.52 Å². The van der Waals surface area contributed by atoms with Crippen molar-refractivity contribution in [1.29, 1.82) is 0 Å². The Balaban J connectivity index is 1.50. The average molecular weight is 314 g/mol. The molecule has 1 N–H and O–H groups in total. The van der Waals surface area contributed by atoms with Crippen molar-refractivity contribution < 1.29 is 4.52 Å². The molecule has 2 aromatic rings. The molecule has 124 valence electrons. The third-order valence-electron chi connectivity index (χ3n) is 4.28. The summed E-state index contributed by atoms with van der Waals surface area (Å²) in [5.74, 6) is 1.02. The summed E-state index contributed by atoms with van der Waals surface area (Å²) in [6.07, 6.45) is 4.06. The van der Waals surface area contributed by atoms with E-state index in [1.165, 1.54) is 43.5 Å². The van der Waals surface area contributed by atoms with Gasteiger partial charge in [0.05, 0.1) is 0 Å². The molecule has 1 aromatic carbocycles. The molecule has 3 rings (SSSR count). The number of aromatic nitrogens is 2. The van der Waals surface area contributed by atoms with Crippen LogP contribution in [0.25, 0.3) is 0 Å². The van der Waals surface area contributed by atoms with Gasteiger partial charge in [-0.05, 0) is 37.1 Å². The van der Waals surface area contributed by atoms with Crippen LogP contribution in [0.3, 0.4) is 0 Å². The minimum atomic E-state index is 0.281. The van der Waals surface area contributed by atoms with Crippen molar-refractivity contribution in [3.63, 3.8) is 0 Å². The first-order chi connectivity index (χ1) is 11.2. The first kappa shape index (κ1) is 16.0. The van der Waals surface area contributed by atoms with Gasteiger partial charge in [0.1, 0.15) is 0 Å². The number of anilines is 1. The van der Waals surface area contributed by atoms with E-state index in [0.29, 0.717) is 12.6 Å². The normalized spacial score (nSPS) is 16.0. The molecular weight excluding hydrogens is 288 g/mol. The van der Waals surface area contributed by atoms with Crippen molar-refractivity contribution in [3.8, 4) is 0 Å². The maximum atomic E-state index is 5.19. The van der Waals surface area contributed by atoms with Crippen molar-refractivity contribution in [2.45, 2.75) is 52.1 Å². The summed E-state index contributed by atoms with van der Waals surface area (Å²) in [5.41, 5.74) is 2.60. The van der Waals surface area contributed by atoms with E-state index in [1.807, 2.05) is 0 Å². The van der Waals surface area contributed by atoms with Crippen LogP contribution in [0, 0.1) is 0 Å². The van der Waals surface area contributed by atoms with E-state index < -0.39 is 0 Å². The minimum Gasteiger partial charge on any atom is -0.334 e. The van der Waals surface area contributed by atoms with Gasteiger partial charge in [-0.2, -0.15) is 4.98 Å². The molecule has 0 atom stereocenters. The number of piperidine rings is 1. The highest BCUT2D eigenvalue weighted by molar-refractivity contribution is 5.27. The summed E-state index contributed by atoms with van der Waals surface area (Å²) in [4.78, 5) is 6.87. The van der Waals surface area contributed by atoms with Crippen LogP contribution in [0.2, 0.25) is 0 Å². The molecule has 1 aliphatic heterocycles. The topological polar surface area (TPSA) is 54.2 Å². The van der Waals surface area contributed by atoms with E-state index in [-0.39, 0.29) is 5.92 Å². The van der Waals surface area contributed by atoms with Gasteiger partial charge in [0.25, 0.3) is 0 Å². The molecule has 1 aromatic heterocycles. The quantitative estimate of drug-likeness (QED) is 0.879. The summed E-state index contributed by atoms with van der Waals surface area (Å²) < 4.78 is 5.19. The number of rotatable bonds is 6. The lowest BCUT2D eigenvalue weighted by atomic mass is 10.1. The molecule has 23 heavy (non-hydrogen) atoms. The minimum absolute atomic E-state index is 0.281. The summed E-state index contributed by atoms with van der Waals surface area (Å²) in [6, 6.07) is 9.28. The molecule has 2 heterocycles. The molecule has 0 amide bonds. The van der Waals surface area contributed by atoms with Gasteiger partial charge >= 0.3 is 6.01 Å². The average Bonchev–Trinajstić information content (AvgIpc) is 3.04. The van der Waals surface area contributed by atoms with Crippen LogP contribution in [0.1, 0.15) is 56.0 Å². The lowest BCUT2D eigenvalue weighted by molar-refractivity contribution is 0.221. The molecule has 0 saturated carbocycles. The van der Waals surface area contributed by atoms with Gasteiger partial charge in [0.2, 0.25) is 0 Å². The number of benzene rings is 1. The maximum absolute atomic E-state index is 5.19. The fourth-order valence-corrected chi connectivity index (χ4v) is 2.86. The first-order valence-electron chi connectivity index (χ1n) is 8.58. The Morgan fingerprint density at radius 1 is 1.09 bits per heavy atom. The molecule has 0 aliphatic carbocycles. The van der Waals surface area contributed by atoms with Crippen LogP contribution < -0.4 is 5.32 Å². The standard InChI is InChI=1S/C18H26N4O/c1-14(2)17-20-18(23-21-17)19-12-15-6-8-16(9-7-15)13-22-10-4-3-5-11-22/h6-9,14H,3-5,10-13H2,1-2H3,(H,19,20,21). The summed E-state index contributed by atoms with van der Waals surface area (Å²) >= 11 is 0. The highest BCUT2D eigenvalue weighted by atomic mass is 16.5. The van der Waals surface area contributed by atoms with E-state index in [2.05, 4.69) is 58.5 Å². The van der Waals surface area contributed by atoms with Crippen LogP contribution in [0.5, 0.6) is 0 Å². The van der Waals surface area contributed by atoms with Crippen molar-refractivity contribution in [3.05, 3.63) is 41.2 Å². The predicted molar refractivity (Wildman–Crippen MR) is 91.3 cm³/mol. The zero-order valence-electron chi connectivity index (χ0n) is 14.1. The largest absolute Gasteiger partial charge is 0.334 e. The van der Waals surface area contributed by atoms with Gasteiger partial charge in [-0.1, -0.05) is 49.7 Å². The molecule has 0 unspecified atom stereocenters.